The first-order chi connectivity index (χ1) is 13.9. The number of aromatic nitrogens is 1. The molecule has 1 saturated carbocycles. The summed E-state index contributed by atoms with van der Waals surface area (Å²) in [5, 5.41) is 6.49. The van der Waals surface area contributed by atoms with Gasteiger partial charge in [0.25, 0.3) is 15.9 Å². The number of carbonyl (C=O) groups excluding carboxylic acids is 1. The van der Waals surface area contributed by atoms with E-state index in [1.807, 2.05) is 11.9 Å². The summed E-state index contributed by atoms with van der Waals surface area (Å²) in [4.78, 5) is 14.4. The van der Waals surface area contributed by atoms with Crippen molar-refractivity contribution >= 4 is 27.5 Å². The minimum Gasteiger partial charge on any atom is -0.362 e. The lowest BCUT2D eigenvalue weighted by Gasteiger charge is -2.17. The molecule has 2 aliphatic rings. The summed E-state index contributed by atoms with van der Waals surface area (Å²) in [6.45, 7) is 0.797. The van der Waals surface area contributed by atoms with Crippen molar-refractivity contribution in [3.63, 3.8) is 0 Å². The molecule has 0 spiro atoms. The van der Waals surface area contributed by atoms with Gasteiger partial charge in [-0.3, -0.25) is 4.79 Å². The number of nitrogens with zero attached hydrogens (tertiary/aromatic N) is 3. The zero-order chi connectivity index (χ0) is 20.4. The number of benzene rings is 1. The largest absolute Gasteiger partial charge is 0.362 e. The van der Waals surface area contributed by atoms with Gasteiger partial charge in [-0.2, -0.15) is 8.42 Å². The summed E-state index contributed by atoms with van der Waals surface area (Å²) in [6.07, 6.45) is 5.76. The van der Waals surface area contributed by atoms with Crippen LogP contribution in [0.3, 0.4) is 0 Å². The van der Waals surface area contributed by atoms with Crippen molar-refractivity contribution in [2.75, 3.05) is 18.9 Å². The molecule has 1 aromatic heterocycles. The lowest BCUT2D eigenvalue weighted by molar-refractivity contribution is 0.101. The predicted octanol–water partition coefficient (Wildman–Crippen LogP) is 3.40. The van der Waals surface area contributed by atoms with Crippen LogP contribution in [0, 0.1) is 0 Å². The second-order valence-corrected chi connectivity index (χ2v) is 9.19. The molecule has 2 heterocycles. The number of carbonyl (C=O) groups is 1. The molecule has 2 fully saturated rings. The van der Waals surface area contributed by atoms with Crippen LogP contribution >= 0.6 is 0 Å². The molecule has 1 aliphatic carbocycles. The molecule has 1 aliphatic heterocycles. The van der Waals surface area contributed by atoms with Gasteiger partial charge in [0.1, 0.15) is 11.6 Å². The maximum absolute atomic E-state index is 12.8. The van der Waals surface area contributed by atoms with E-state index < -0.39 is 15.9 Å². The van der Waals surface area contributed by atoms with Gasteiger partial charge in [0.15, 0.2) is 5.69 Å². The molecule has 154 valence electrons. The topological polar surface area (TPSA) is 105 Å². The maximum atomic E-state index is 12.8. The van der Waals surface area contributed by atoms with Crippen molar-refractivity contribution in [1.29, 1.82) is 0 Å². The molecule has 2 aromatic rings. The number of nitrogens with one attached hydrogen (secondary N) is 1. The van der Waals surface area contributed by atoms with Crippen LogP contribution in [-0.4, -0.2) is 43.8 Å². The average Bonchev–Trinajstić information content (AvgIpc) is 3.46. The van der Waals surface area contributed by atoms with Crippen molar-refractivity contribution < 1.29 is 17.7 Å². The lowest BCUT2D eigenvalue weighted by atomic mass is 10.2. The number of hydrogen-bond acceptors (Lipinski definition) is 5. The summed E-state index contributed by atoms with van der Waals surface area (Å²) in [5.41, 5.74) is 0.543. The molecule has 1 saturated heterocycles. The third-order valence-electron chi connectivity index (χ3n) is 5.19. The van der Waals surface area contributed by atoms with Crippen LogP contribution < -0.4 is 5.32 Å². The molecule has 0 radical (unpaired) electrons. The molecular formula is C20H24N4O4S. The zero-order valence-electron chi connectivity index (χ0n) is 16.3. The van der Waals surface area contributed by atoms with Crippen LogP contribution in [0.4, 0.5) is 5.69 Å². The van der Waals surface area contributed by atoms with E-state index in [1.165, 1.54) is 12.1 Å². The van der Waals surface area contributed by atoms with Gasteiger partial charge in [0.2, 0.25) is 0 Å². The Balaban J connectivity index is 1.51. The van der Waals surface area contributed by atoms with Crippen LogP contribution in [0.15, 0.2) is 44.1 Å². The quantitative estimate of drug-likeness (QED) is 0.801. The Bertz CT molecular complexity index is 1040. The zero-order valence-corrected chi connectivity index (χ0v) is 17.1. The monoisotopic (exact) mass is 416 g/mol. The van der Waals surface area contributed by atoms with Crippen LogP contribution in [0.5, 0.6) is 0 Å². The van der Waals surface area contributed by atoms with Crippen LogP contribution in [0.1, 0.15) is 60.7 Å². The highest BCUT2D eigenvalue weighted by Gasteiger charge is 2.29. The number of amidine groups is 1. The first kappa shape index (κ1) is 19.6. The van der Waals surface area contributed by atoms with Crippen molar-refractivity contribution in [3.8, 4) is 0 Å². The van der Waals surface area contributed by atoms with Crippen LogP contribution in [0.2, 0.25) is 0 Å². The highest BCUT2D eigenvalue weighted by molar-refractivity contribution is 7.90. The van der Waals surface area contributed by atoms with Gasteiger partial charge in [-0.05, 0) is 43.9 Å². The Hall–Kier alpha value is -2.68. The van der Waals surface area contributed by atoms with Gasteiger partial charge < -0.3 is 14.7 Å². The van der Waals surface area contributed by atoms with Gasteiger partial charge in [0, 0.05) is 37.7 Å². The maximum Gasteiger partial charge on any atom is 0.284 e. The first-order valence-electron chi connectivity index (χ1n) is 9.85. The summed E-state index contributed by atoms with van der Waals surface area (Å²) >= 11 is 0. The molecule has 4 rings (SSSR count). The molecule has 29 heavy (non-hydrogen) atoms. The summed E-state index contributed by atoms with van der Waals surface area (Å²) in [7, 11) is -2.00. The van der Waals surface area contributed by atoms with Gasteiger partial charge in [-0.1, -0.05) is 17.6 Å². The molecule has 1 N–H and O–H groups in total. The molecule has 0 unspecified atom stereocenters. The second-order valence-electron chi connectivity index (χ2n) is 7.59. The Labute approximate surface area is 170 Å². The first-order valence-corrected chi connectivity index (χ1v) is 11.3. The Kier molecular flexibility index (Phi) is 5.40. The van der Waals surface area contributed by atoms with Gasteiger partial charge >= 0.3 is 0 Å². The van der Waals surface area contributed by atoms with E-state index in [9.17, 15) is 13.2 Å². The summed E-state index contributed by atoms with van der Waals surface area (Å²) in [5.74, 6) is 1.21. The fourth-order valence-electron chi connectivity index (χ4n) is 3.32. The third-order valence-corrected chi connectivity index (χ3v) is 6.49. The van der Waals surface area contributed by atoms with E-state index in [0.717, 1.165) is 44.4 Å². The fourth-order valence-corrected chi connectivity index (χ4v) is 4.46. The number of hydrogen-bond donors (Lipinski definition) is 1. The molecule has 9 heteroatoms. The lowest BCUT2D eigenvalue weighted by Crippen LogP contribution is -2.26. The molecule has 1 amide bonds. The second kappa shape index (κ2) is 7.98. The van der Waals surface area contributed by atoms with Crippen LogP contribution in [0.25, 0.3) is 0 Å². The number of amides is 1. The van der Waals surface area contributed by atoms with Crippen molar-refractivity contribution in [3.05, 3.63) is 41.8 Å². The number of sulfonamides is 1. The minimum atomic E-state index is -3.87. The average molecular weight is 417 g/mol. The molecule has 1 aromatic carbocycles. The summed E-state index contributed by atoms with van der Waals surface area (Å²) < 4.78 is 34.9. The van der Waals surface area contributed by atoms with Crippen molar-refractivity contribution in [2.45, 2.75) is 49.3 Å². The number of likely N-dealkylation sites (tertiary alicyclic amines) is 1. The van der Waals surface area contributed by atoms with E-state index in [4.69, 9.17) is 4.52 Å². The third kappa shape index (κ3) is 4.67. The highest BCUT2D eigenvalue weighted by atomic mass is 32.2. The SMILES string of the molecule is CN1CCCCC/C1=N\S(=O)(=O)c1cccc(NC(=O)c2cc(C3CC3)on2)c1. The van der Waals surface area contributed by atoms with E-state index in [0.29, 0.717) is 23.9 Å². The van der Waals surface area contributed by atoms with Crippen molar-refractivity contribution in [2.24, 2.45) is 4.40 Å². The standard InChI is InChI=1S/C20H24N4O4S/c1-24-11-4-2-3-8-19(24)23-29(26,27)16-7-5-6-15(12-16)21-20(25)17-13-18(28-22-17)14-9-10-14/h5-7,12-14H,2-4,8-11H2,1H3,(H,21,25)/b23-19+. The normalized spacial score (nSPS) is 19.2. The molecule has 0 bridgehead atoms. The Morgan fingerprint density at radius 2 is 2.07 bits per heavy atom. The summed E-state index contributed by atoms with van der Waals surface area (Å²) in [6, 6.07) is 7.74. The van der Waals surface area contributed by atoms with Crippen LogP contribution in [-0.2, 0) is 10.0 Å². The van der Waals surface area contributed by atoms with E-state index in [2.05, 4.69) is 14.9 Å². The van der Waals surface area contributed by atoms with E-state index in [-0.39, 0.29) is 10.6 Å². The molecule has 8 nitrogen and oxygen atoms in total. The van der Waals surface area contributed by atoms with Gasteiger partial charge in [-0.25, -0.2) is 0 Å². The Morgan fingerprint density at radius 3 is 2.86 bits per heavy atom. The molecule has 0 atom stereocenters. The molecular weight excluding hydrogens is 392 g/mol. The fraction of sp³-hybridized carbons (Fsp3) is 0.450. The van der Waals surface area contributed by atoms with E-state index in [1.54, 1.807) is 18.2 Å². The predicted molar refractivity (Wildman–Crippen MR) is 109 cm³/mol. The smallest absolute Gasteiger partial charge is 0.284 e. The highest BCUT2D eigenvalue weighted by Crippen LogP contribution is 2.40. The van der Waals surface area contributed by atoms with Gasteiger partial charge in [0.05, 0.1) is 4.90 Å². The Morgan fingerprint density at radius 1 is 1.24 bits per heavy atom. The van der Waals surface area contributed by atoms with Crippen molar-refractivity contribution in [1.82, 2.24) is 10.1 Å². The minimum absolute atomic E-state index is 0.0410. The number of anilines is 1. The van der Waals surface area contributed by atoms with Gasteiger partial charge in [-0.15, -0.1) is 4.40 Å². The number of rotatable bonds is 5. The van der Waals surface area contributed by atoms with E-state index >= 15 is 0 Å².